The second-order valence-electron chi connectivity index (χ2n) is 3.37. The average molecular weight is 237 g/mol. The van der Waals surface area contributed by atoms with E-state index in [0.717, 1.165) is 4.57 Å². The highest BCUT2D eigenvalue weighted by molar-refractivity contribution is 5.84. The Bertz CT molecular complexity index is 687. The van der Waals surface area contributed by atoms with Gasteiger partial charge in [0.25, 0.3) is 5.56 Å². The molecule has 0 aromatic carbocycles. The van der Waals surface area contributed by atoms with Crippen molar-refractivity contribution in [2.75, 3.05) is 18.0 Å². The first kappa shape index (κ1) is 11.1. The van der Waals surface area contributed by atoms with E-state index < -0.39 is 11.2 Å². The fourth-order valence-corrected chi connectivity index (χ4v) is 1.55. The van der Waals surface area contributed by atoms with Crippen LogP contribution < -0.4 is 28.5 Å². The zero-order valence-corrected chi connectivity index (χ0v) is 8.80. The Kier molecular flexibility index (Phi) is 2.52. The molecule has 90 valence electrons. The van der Waals surface area contributed by atoms with Crippen molar-refractivity contribution in [3.63, 3.8) is 0 Å². The first-order valence-corrected chi connectivity index (χ1v) is 4.80. The lowest BCUT2D eigenvalue weighted by Gasteiger charge is -2.08. The van der Waals surface area contributed by atoms with Crippen LogP contribution in [0.25, 0.3) is 11.0 Å². The van der Waals surface area contributed by atoms with Gasteiger partial charge in [-0.15, -0.1) is 0 Å². The van der Waals surface area contributed by atoms with E-state index in [1.807, 2.05) is 0 Å². The molecule has 0 fully saturated rings. The summed E-state index contributed by atoms with van der Waals surface area (Å²) in [6.07, 6.45) is 0. The van der Waals surface area contributed by atoms with Crippen LogP contribution in [0.3, 0.4) is 0 Å². The number of nitrogens with two attached hydrogens (primary N) is 3. The molecule has 0 saturated carbocycles. The lowest BCUT2D eigenvalue weighted by Crippen LogP contribution is -2.30. The molecule has 2 rings (SSSR count). The molecule has 0 radical (unpaired) electrons. The third kappa shape index (κ3) is 1.72. The molecule has 0 atom stereocenters. The number of nitrogen functional groups attached to an aromatic ring is 2. The van der Waals surface area contributed by atoms with Gasteiger partial charge in [0.15, 0.2) is 5.65 Å². The molecule has 0 bridgehead atoms. The number of H-pyrrole nitrogens is 1. The van der Waals surface area contributed by atoms with Crippen molar-refractivity contribution in [2.24, 2.45) is 5.73 Å². The van der Waals surface area contributed by atoms with Crippen LogP contribution in [0.5, 0.6) is 0 Å². The summed E-state index contributed by atoms with van der Waals surface area (Å²) in [6, 6.07) is 0. The molecular formula is C8H11N7O2. The molecule has 7 N–H and O–H groups in total. The van der Waals surface area contributed by atoms with Crippen LogP contribution in [0.1, 0.15) is 0 Å². The maximum absolute atomic E-state index is 11.6. The second kappa shape index (κ2) is 3.87. The number of hydrogen-bond donors (Lipinski definition) is 4. The molecule has 0 saturated heterocycles. The summed E-state index contributed by atoms with van der Waals surface area (Å²) in [6.45, 7) is 0.382. The maximum Gasteiger partial charge on any atom is 0.351 e. The van der Waals surface area contributed by atoms with Gasteiger partial charge in [0.2, 0.25) is 5.95 Å². The van der Waals surface area contributed by atoms with Crippen molar-refractivity contribution in [1.82, 2.24) is 19.5 Å². The van der Waals surface area contributed by atoms with Crippen molar-refractivity contribution in [1.29, 1.82) is 0 Å². The minimum absolute atomic E-state index is 0.0345. The minimum atomic E-state index is -0.613. The smallest absolute Gasteiger partial charge is 0.351 e. The molecule has 2 heterocycles. The van der Waals surface area contributed by atoms with Gasteiger partial charge in [0.1, 0.15) is 11.2 Å². The van der Waals surface area contributed by atoms with Crippen molar-refractivity contribution in [2.45, 2.75) is 6.54 Å². The number of anilines is 2. The van der Waals surface area contributed by atoms with Gasteiger partial charge in [-0.2, -0.15) is 9.97 Å². The Morgan fingerprint density at radius 2 is 1.94 bits per heavy atom. The highest BCUT2D eigenvalue weighted by Gasteiger charge is 2.13. The Morgan fingerprint density at radius 1 is 1.24 bits per heavy atom. The van der Waals surface area contributed by atoms with E-state index in [1.165, 1.54) is 0 Å². The predicted octanol–water partition coefficient (Wildman–Crippen LogP) is -2.40. The Morgan fingerprint density at radius 3 is 2.59 bits per heavy atom. The summed E-state index contributed by atoms with van der Waals surface area (Å²) in [7, 11) is 0. The van der Waals surface area contributed by atoms with Crippen LogP contribution in [0, 0.1) is 0 Å². The average Bonchev–Trinajstić information content (AvgIpc) is 2.22. The number of nitrogens with zero attached hydrogens (tertiary/aromatic N) is 3. The van der Waals surface area contributed by atoms with Crippen molar-refractivity contribution < 1.29 is 0 Å². The summed E-state index contributed by atoms with van der Waals surface area (Å²) < 4.78 is 1.16. The van der Waals surface area contributed by atoms with E-state index in [2.05, 4.69) is 15.0 Å². The Balaban J connectivity index is 3.00. The highest BCUT2D eigenvalue weighted by Crippen LogP contribution is 2.10. The predicted molar refractivity (Wildman–Crippen MR) is 62.3 cm³/mol. The molecule has 2 aromatic heterocycles. The third-order valence-electron chi connectivity index (χ3n) is 2.23. The number of hydrogen-bond acceptors (Lipinski definition) is 7. The number of fused-ring (bicyclic) bond motifs is 1. The lowest BCUT2D eigenvalue weighted by atomic mass is 10.3. The molecule has 0 spiro atoms. The molecule has 0 amide bonds. The molecule has 0 aliphatic rings. The van der Waals surface area contributed by atoms with Gasteiger partial charge in [-0.05, 0) is 0 Å². The molecule has 9 heteroatoms. The second-order valence-corrected chi connectivity index (χ2v) is 3.37. The van der Waals surface area contributed by atoms with Crippen LogP contribution in [0.15, 0.2) is 9.59 Å². The Hall–Kier alpha value is -2.42. The van der Waals surface area contributed by atoms with E-state index in [-0.39, 0.29) is 35.9 Å². The van der Waals surface area contributed by atoms with Crippen LogP contribution in [-0.4, -0.2) is 26.1 Å². The van der Waals surface area contributed by atoms with Crippen molar-refractivity contribution in [3.05, 3.63) is 20.8 Å². The lowest BCUT2D eigenvalue weighted by molar-refractivity contribution is 0.680. The fraction of sp³-hybridized carbons (Fsp3) is 0.250. The number of aromatic nitrogens is 4. The molecule has 17 heavy (non-hydrogen) atoms. The summed E-state index contributed by atoms with van der Waals surface area (Å²) in [5.41, 5.74) is 15.2. The van der Waals surface area contributed by atoms with Gasteiger partial charge >= 0.3 is 5.69 Å². The van der Waals surface area contributed by atoms with Gasteiger partial charge in [0, 0.05) is 13.1 Å². The minimum Gasteiger partial charge on any atom is -0.383 e. The molecule has 0 unspecified atom stereocenters. The molecule has 0 aliphatic heterocycles. The summed E-state index contributed by atoms with van der Waals surface area (Å²) >= 11 is 0. The van der Waals surface area contributed by atoms with Crippen LogP contribution in [0.2, 0.25) is 0 Å². The maximum atomic E-state index is 11.6. The number of aromatic amines is 1. The first-order chi connectivity index (χ1) is 8.04. The molecule has 9 nitrogen and oxygen atoms in total. The van der Waals surface area contributed by atoms with Crippen LogP contribution in [-0.2, 0) is 6.54 Å². The molecule has 0 aliphatic carbocycles. The van der Waals surface area contributed by atoms with E-state index in [1.54, 1.807) is 0 Å². The van der Waals surface area contributed by atoms with E-state index in [0.29, 0.717) is 0 Å². The summed E-state index contributed by atoms with van der Waals surface area (Å²) in [5, 5.41) is 0.0345. The van der Waals surface area contributed by atoms with Crippen molar-refractivity contribution >= 4 is 22.8 Å². The molecular weight excluding hydrogens is 226 g/mol. The molecule has 2 aromatic rings. The summed E-state index contributed by atoms with van der Waals surface area (Å²) in [4.78, 5) is 32.9. The van der Waals surface area contributed by atoms with Crippen molar-refractivity contribution in [3.8, 4) is 0 Å². The summed E-state index contributed by atoms with van der Waals surface area (Å²) in [5.74, 6) is -0.273. The highest BCUT2D eigenvalue weighted by atomic mass is 16.1. The number of nitrogens with one attached hydrogen (secondary N) is 1. The van der Waals surface area contributed by atoms with Gasteiger partial charge in [0.05, 0.1) is 0 Å². The Labute approximate surface area is 94.3 Å². The monoisotopic (exact) mass is 237 g/mol. The van der Waals surface area contributed by atoms with Gasteiger partial charge in [-0.25, -0.2) is 4.79 Å². The van der Waals surface area contributed by atoms with E-state index in [9.17, 15) is 9.59 Å². The van der Waals surface area contributed by atoms with E-state index in [4.69, 9.17) is 17.2 Å². The topological polar surface area (TPSA) is 159 Å². The fourth-order valence-electron chi connectivity index (χ4n) is 1.55. The zero-order chi connectivity index (χ0) is 12.6. The number of rotatable bonds is 2. The zero-order valence-electron chi connectivity index (χ0n) is 8.80. The third-order valence-corrected chi connectivity index (χ3v) is 2.23. The van der Waals surface area contributed by atoms with Crippen LogP contribution in [0.4, 0.5) is 11.8 Å². The normalized spacial score (nSPS) is 10.9. The van der Waals surface area contributed by atoms with Gasteiger partial charge in [-0.1, -0.05) is 0 Å². The van der Waals surface area contributed by atoms with E-state index >= 15 is 0 Å². The van der Waals surface area contributed by atoms with Gasteiger partial charge in [-0.3, -0.25) is 14.3 Å². The van der Waals surface area contributed by atoms with Crippen LogP contribution >= 0.6 is 0 Å². The largest absolute Gasteiger partial charge is 0.383 e. The van der Waals surface area contributed by atoms with Gasteiger partial charge < -0.3 is 17.2 Å². The SMILES string of the molecule is NCCn1c(=O)nc(N)c2c(=O)[nH]c(N)nc21. The standard InChI is InChI=1S/C8H11N7O2/c9-1-2-15-5-3(4(10)12-8(15)17)6(16)14-7(11)13-5/h1-2,9H2,(H2,10,12,17)(H3,11,13,14,16). The quantitative estimate of drug-likeness (QED) is 0.453. The first-order valence-electron chi connectivity index (χ1n) is 4.80.